The summed E-state index contributed by atoms with van der Waals surface area (Å²) in [6.45, 7) is 2.26. The van der Waals surface area contributed by atoms with Crippen molar-refractivity contribution in [2.75, 3.05) is 7.05 Å². The second-order valence-electron chi connectivity index (χ2n) is 4.06. The number of hydrogen-bond acceptors (Lipinski definition) is 3. The highest BCUT2D eigenvalue weighted by Gasteiger charge is 2.20. The molecule has 0 spiro atoms. The number of halogens is 1. The highest BCUT2D eigenvalue weighted by Crippen LogP contribution is 2.16. The second-order valence-corrected chi connectivity index (χ2v) is 4.84. The van der Waals surface area contributed by atoms with E-state index in [-0.39, 0.29) is 11.9 Å². The quantitative estimate of drug-likeness (QED) is 0.871. The van der Waals surface area contributed by atoms with Gasteiger partial charge in [0.25, 0.3) is 0 Å². The Morgan fingerprint density at radius 3 is 2.94 bits per heavy atom. The van der Waals surface area contributed by atoms with Crippen LogP contribution in [-0.4, -0.2) is 27.6 Å². The van der Waals surface area contributed by atoms with Gasteiger partial charge in [-0.15, -0.1) is 0 Å². The molecular formula is C12H14BrN3O2. The average molecular weight is 312 g/mol. The fraction of sp³-hybridized carbons (Fsp3) is 0.333. The molecule has 2 aromatic rings. The molecule has 2 aromatic heterocycles. The highest BCUT2D eigenvalue weighted by atomic mass is 79.9. The number of carbonyl (C=O) groups is 1. The molecule has 0 fully saturated rings. The predicted molar refractivity (Wildman–Crippen MR) is 69.8 cm³/mol. The van der Waals surface area contributed by atoms with Crippen LogP contribution in [0.2, 0.25) is 0 Å². The fourth-order valence-electron chi connectivity index (χ4n) is 1.69. The molecule has 0 bridgehead atoms. The second kappa shape index (κ2) is 5.39. The first-order chi connectivity index (χ1) is 8.58. The van der Waals surface area contributed by atoms with Gasteiger partial charge in [0, 0.05) is 19.4 Å². The van der Waals surface area contributed by atoms with E-state index in [0.29, 0.717) is 11.2 Å². The van der Waals surface area contributed by atoms with Crippen molar-refractivity contribution in [3.63, 3.8) is 0 Å². The Morgan fingerprint density at radius 2 is 2.39 bits per heavy atom. The Kier molecular flexibility index (Phi) is 3.86. The lowest BCUT2D eigenvalue weighted by atomic mass is 10.3. The molecular weight excluding hydrogens is 298 g/mol. The maximum absolute atomic E-state index is 12.2. The van der Waals surface area contributed by atoms with Crippen molar-refractivity contribution in [3.8, 4) is 0 Å². The first-order valence-corrected chi connectivity index (χ1v) is 6.35. The van der Waals surface area contributed by atoms with Gasteiger partial charge in [0.05, 0.1) is 6.54 Å². The summed E-state index contributed by atoms with van der Waals surface area (Å²) in [7, 11) is 1.75. The van der Waals surface area contributed by atoms with Crippen LogP contribution < -0.4 is 0 Å². The van der Waals surface area contributed by atoms with Gasteiger partial charge in [0.1, 0.15) is 11.8 Å². The lowest BCUT2D eigenvalue weighted by Gasteiger charge is -2.20. The molecule has 0 unspecified atom stereocenters. The van der Waals surface area contributed by atoms with Crippen LogP contribution >= 0.6 is 15.9 Å². The smallest absolute Gasteiger partial charge is 0.247 e. The van der Waals surface area contributed by atoms with Gasteiger partial charge >= 0.3 is 0 Å². The minimum absolute atomic E-state index is 0.00813. The van der Waals surface area contributed by atoms with Gasteiger partial charge in [-0.1, -0.05) is 0 Å². The van der Waals surface area contributed by atoms with Gasteiger partial charge in [0.2, 0.25) is 5.91 Å². The molecule has 0 saturated carbocycles. The molecule has 1 atom stereocenters. The molecule has 2 rings (SSSR count). The summed E-state index contributed by atoms with van der Waals surface area (Å²) >= 11 is 3.24. The molecule has 0 aromatic carbocycles. The number of furan rings is 1. The Labute approximate surface area is 114 Å². The number of aromatic nitrogens is 2. The highest BCUT2D eigenvalue weighted by molar-refractivity contribution is 9.10. The van der Waals surface area contributed by atoms with E-state index in [1.165, 1.54) is 0 Å². The number of hydrogen-bond donors (Lipinski definition) is 0. The van der Waals surface area contributed by atoms with E-state index in [1.807, 2.05) is 19.1 Å². The standard InChI is InChI=1S/C12H14BrN3O2/c1-9(16-7-3-6-14-16)12(17)15(2)8-10-4-5-11(13)18-10/h3-7,9H,8H2,1-2H3/t9-/m0/s1. The van der Waals surface area contributed by atoms with Gasteiger partial charge in [-0.05, 0) is 41.1 Å². The number of carbonyl (C=O) groups excluding carboxylic acids is 1. The molecule has 5 nitrogen and oxygen atoms in total. The molecule has 0 saturated heterocycles. The molecule has 6 heteroatoms. The van der Waals surface area contributed by atoms with Gasteiger partial charge in [-0.3, -0.25) is 9.48 Å². The third-order valence-electron chi connectivity index (χ3n) is 2.68. The predicted octanol–water partition coefficient (Wildman–Crippen LogP) is 2.46. The molecule has 0 radical (unpaired) electrons. The summed E-state index contributed by atoms with van der Waals surface area (Å²) in [5.74, 6) is 0.733. The van der Waals surface area contributed by atoms with E-state index in [0.717, 1.165) is 5.76 Å². The van der Waals surface area contributed by atoms with Crippen LogP contribution in [0.4, 0.5) is 0 Å². The van der Waals surface area contributed by atoms with Gasteiger partial charge < -0.3 is 9.32 Å². The molecule has 0 aliphatic heterocycles. The summed E-state index contributed by atoms with van der Waals surface area (Å²) in [4.78, 5) is 13.8. The van der Waals surface area contributed by atoms with Crippen molar-refractivity contribution < 1.29 is 9.21 Å². The Balaban J connectivity index is 2.00. The van der Waals surface area contributed by atoms with Crippen LogP contribution in [0, 0.1) is 0 Å². The number of likely N-dealkylation sites (N-methyl/N-ethyl adjacent to an activating group) is 1. The normalized spacial score (nSPS) is 12.4. The Morgan fingerprint density at radius 1 is 1.61 bits per heavy atom. The van der Waals surface area contributed by atoms with E-state index >= 15 is 0 Å². The summed E-state index contributed by atoms with van der Waals surface area (Å²) < 4.78 is 7.68. The monoisotopic (exact) mass is 311 g/mol. The maximum atomic E-state index is 12.2. The van der Waals surface area contributed by atoms with Crippen molar-refractivity contribution in [2.24, 2.45) is 0 Å². The fourth-order valence-corrected chi connectivity index (χ4v) is 2.03. The molecule has 96 valence electrons. The number of amides is 1. The molecule has 2 heterocycles. The van der Waals surface area contributed by atoms with Crippen LogP contribution in [0.5, 0.6) is 0 Å². The van der Waals surface area contributed by atoms with Crippen molar-refractivity contribution in [3.05, 3.63) is 41.0 Å². The summed E-state index contributed by atoms with van der Waals surface area (Å²) in [5, 5.41) is 4.07. The lowest BCUT2D eigenvalue weighted by Crippen LogP contribution is -2.32. The van der Waals surface area contributed by atoms with Crippen molar-refractivity contribution >= 4 is 21.8 Å². The van der Waals surface area contributed by atoms with E-state index in [9.17, 15) is 4.79 Å². The molecule has 0 aliphatic rings. The average Bonchev–Trinajstić information content (AvgIpc) is 2.98. The van der Waals surface area contributed by atoms with Crippen LogP contribution in [0.3, 0.4) is 0 Å². The van der Waals surface area contributed by atoms with Crippen LogP contribution in [0.25, 0.3) is 0 Å². The molecule has 18 heavy (non-hydrogen) atoms. The first kappa shape index (κ1) is 12.9. The van der Waals surface area contributed by atoms with Crippen LogP contribution in [0.15, 0.2) is 39.7 Å². The largest absolute Gasteiger partial charge is 0.452 e. The van der Waals surface area contributed by atoms with E-state index in [4.69, 9.17) is 4.42 Å². The van der Waals surface area contributed by atoms with Gasteiger partial charge in [-0.2, -0.15) is 5.10 Å². The Bertz CT molecular complexity index is 521. The minimum Gasteiger partial charge on any atom is -0.452 e. The third kappa shape index (κ3) is 2.81. The van der Waals surface area contributed by atoms with Gasteiger partial charge in [-0.25, -0.2) is 0 Å². The van der Waals surface area contributed by atoms with Crippen LogP contribution in [0.1, 0.15) is 18.7 Å². The molecule has 1 amide bonds. The minimum atomic E-state index is -0.316. The number of rotatable bonds is 4. The number of nitrogens with zero attached hydrogens (tertiary/aromatic N) is 3. The zero-order valence-electron chi connectivity index (χ0n) is 10.2. The third-order valence-corrected chi connectivity index (χ3v) is 3.10. The molecule has 0 aliphatic carbocycles. The zero-order chi connectivity index (χ0) is 13.1. The van der Waals surface area contributed by atoms with Crippen molar-refractivity contribution in [2.45, 2.75) is 19.5 Å². The molecule has 0 N–H and O–H groups in total. The maximum Gasteiger partial charge on any atom is 0.247 e. The lowest BCUT2D eigenvalue weighted by molar-refractivity contribution is -0.134. The van der Waals surface area contributed by atoms with Gasteiger partial charge in [0.15, 0.2) is 4.67 Å². The van der Waals surface area contributed by atoms with Crippen molar-refractivity contribution in [1.82, 2.24) is 14.7 Å². The SMILES string of the molecule is C[C@@H](C(=O)N(C)Cc1ccc(Br)o1)n1cccn1. The van der Waals surface area contributed by atoms with Crippen LogP contribution in [-0.2, 0) is 11.3 Å². The summed E-state index contributed by atoms with van der Waals surface area (Å²) in [6, 6.07) is 5.13. The van der Waals surface area contributed by atoms with E-state index < -0.39 is 0 Å². The zero-order valence-corrected chi connectivity index (χ0v) is 11.8. The topological polar surface area (TPSA) is 51.3 Å². The summed E-state index contributed by atoms with van der Waals surface area (Å²) in [6.07, 6.45) is 3.44. The van der Waals surface area contributed by atoms with Crippen molar-refractivity contribution in [1.29, 1.82) is 0 Å². The van der Waals surface area contributed by atoms with E-state index in [2.05, 4.69) is 21.0 Å². The first-order valence-electron chi connectivity index (χ1n) is 5.56. The van der Waals surface area contributed by atoms with E-state index in [1.54, 1.807) is 35.1 Å². The summed E-state index contributed by atoms with van der Waals surface area (Å²) in [5.41, 5.74) is 0. The Hall–Kier alpha value is -1.56.